The number of methoxy groups -OCH3 is 6. The van der Waals surface area contributed by atoms with Gasteiger partial charge in [0, 0.05) is 69.6 Å². The van der Waals surface area contributed by atoms with Crippen LogP contribution in [0, 0.1) is 6.92 Å². The first-order chi connectivity index (χ1) is 33.2. The van der Waals surface area contributed by atoms with Crippen LogP contribution in [0.4, 0.5) is 23.0 Å². The summed E-state index contributed by atoms with van der Waals surface area (Å²) in [5, 5.41) is 5.89. The van der Waals surface area contributed by atoms with E-state index in [4.69, 9.17) is 80.4 Å². The second kappa shape index (κ2) is 27.0. The van der Waals surface area contributed by atoms with E-state index in [0.29, 0.717) is 73.9 Å². The number of benzene rings is 6. The molecule has 0 aliphatic carbocycles. The van der Waals surface area contributed by atoms with Gasteiger partial charge in [-0.1, -0.05) is 71.3 Å². The molecule has 0 spiro atoms. The Morgan fingerprint density at radius 2 is 0.792 bits per heavy atom. The highest BCUT2D eigenvalue weighted by molar-refractivity contribution is 6.35. The molecule has 0 radical (unpaired) electrons. The molecule has 0 unspecified atom stereocenters. The van der Waals surface area contributed by atoms with Gasteiger partial charge in [-0.3, -0.25) is 0 Å². The number of hydrogen-bond acceptors (Lipinski definition) is 16. The number of anilines is 4. The number of aryl methyl sites for hydroxylation is 1. The van der Waals surface area contributed by atoms with Gasteiger partial charge < -0.3 is 50.9 Å². The molecule has 0 saturated carbocycles. The molecule has 0 bridgehead atoms. The number of ether oxygens (including phenoxy) is 6. The number of rotatable bonds is 9. The van der Waals surface area contributed by atoms with E-state index in [1.54, 1.807) is 67.9 Å². The van der Waals surface area contributed by atoms with Crippen molar-refractivity contribution < 1.29 is 28.4 Å². The van der Waals surface area contributed by atoms with Gasteiger partial charge in [0.2, 0.25) is 16.5 Å². The maximum Gasteiger partial charge on any atom is 0.224 e. The number of halogens is 3. The van der Waals surface area contributed by atoms with E-state index in [0.717, 1.165) is 38.8 Å². The lowest BCUT2D eigenvalue weighted by Gasteiger charge is -2.13. The van der Waals surface area contributed by atoms with Crippen LogP contribution in [0.2, 0.25) is 15.7 Å². The molecule has 0 aliphatic heterocycles. The Morgan fingerprint density at radius 1 is 0.431 bits per heavy atom. The molecule has 0 fully saturated rings. The lowest BCUT2D eigenvalue weighted by Crippen LogP contribution is -2.00. The monoisotopic (exact) mass is 1040 g/mol. The van der Waals surface area contributed by atoms with Gasteiger partial charge in [0.1, 0.15) is 5.15 Å². The van der Waals surface area contributed by atoms with Gasteiger partial charge >= 0.3 is 0 Å². The van der Waals surface area contributed by atoms with Gasteiger partial charge in [-0.2, -0.15) is 0 Å². The van der Waals surface area contributed by atoms with Crippen LogP contribution in [-0.2, 0) is 0 Å². The number of hydrogen-bond donors (Lipinski definition) is 4. The molecule has 72 heavy (non-hydrogen) atoms. The van der Waals surface area contributed by atoms with Crippen molar-refractivity contribution in [3.8, 4) is 57.0 Å². The van der Waals surface area contributed by atoms with Crippen LogP contribution >= 0.6 is 34.8 Å². The predicted octanol–water partition coefficient (Wildman–Crippen LogP) is 10.8. The number of nitrogens with two attached hydrogens (primary N) is 3. The predicted molar refractivity (Wildman–Crippen MR) is 303 cm³/mol. The smallest absolute Gasteiger partial charge is 0.224 e. The Balaban J connectivity index is 0.000000262. The minimum atomic E-state index is 0. The van der Waals surface area contributed by atoms with Crippen molar-refractivity contribution in [2.24, 2.45) is 0 Å². The van der Waals surface area contributed by atoms with E-state index in [9.17, 15) is 0 Å². The number of aromatic nitrogens is 6. The third kappa shape index (κ3) is 14.2. The van der Waals surface area contributed by atoms with Crippen LogP contribution in [0.3, 0.4) is 0 Å². The minimum absolute atomic E-state index is 0. The molecule has 7 N–H and O–H groups in total. The van der Waals surface area contributed by atoms with Gasteiger partial charge in [0.25, 0.3) is 0 Å². The number of nitrogen functional groups attached to an aromatic ring is 3. The first kappa shape index (κ1) is 58.6. The molecule has 3 aromatic heterocycles. The van der Waals surface area contributed by atoms with Crippen LogP contribution in [-0.4, -0.2) is 88.0 Å². The summed E-state index contributed by atoms with van der Waals surface area (Å²) in [4.78, 5) is 25.6. The molecule has 9 rings (SSSR count). The summed E-state index contributed by atoms with van der Waals surface area (Å²) in [6.45, 7) is 2.02. The average molecular weight is 1040 g/mol. The fourth-order valence-electron chi connectivity index (χ4n) is 6.87. The highest BCUT2D eigenvalue weighted by Gasteiger charge is 2.17. The van der Waals surface area contributed by atoms with E-state index < -0.39 is 0 Å². The summed E-state index contributed by atoms with van der Waals surface area (Å²) in [6.07, 6.45) is 0. The summed E-state index contributed by atoms with van der Waals surface area (Å²) >= 11 is 17.7. The van der Waals surface area contributed by atoms with Gasteiger partial charge in [0.15, 0.2) is 34.5 Å². The molecule has 0 amide bonds. The summed E-state index contributed by atoms with van der Waals surface area (Å²) in [5.41, 5.74) is 25.9. The van der Waals surface area contributed by atoms with E-state index in [1.807, 2.05) is 97.9 Å². The SMILES string of the molecule is C.C.CNc1nc(-c2cccc(N)c2)c2cc(OC)c(OC)cc2n1.COc1cc2nc(Cl)nc(-c3cccc(N)c3)c2cc1OC.COc1cc2nc(Cl)nc(Cl)c2cc1OC.Cc1cccc(N)c1.[BH4-]. The van der Waals surface area contributed by atoms with Gasteiger partial charge in [-0.05, 0) is 90.3 Å². The molecule has 0 saturated heterocycles. The summed E-state index contributed by atoms with van der Waals surface area (Å²) in [7, 11) is 11.2. The molecular formula is C52H61BCl3N10O6-. The summed E-state index contributed by atoms with van der Waals surface area (Å²) < 4.78 is 31.7. The van der Waals surface area contributed by atoms with E-state index in [-0.39, 0.29) is 39.0 Å². The van der Waals surface area contributed by atoms with Crippen LogP contribution in [0.15, 0.2) is 109 Å². The topological polar surface area (TPSA) is 223 Å². The molecule has 9 aromatic rings. The van der Waals surface area contributed by atoms with Crippen molar-refractivity contribution >= 4 is 98.9 Å². The molecule has 6 aromatic carbocycles. The molecule has 3 heterocycles. The molecule has 20 heteroatoms. The second-order valence-corrected chi connectivity index (χ2v) is 15.6. The first-order valence-electron chi connectivity index (χ1n) is 20.7. The van der Waals surface area contributed by atoms with Crippen LogP contribution in [0.1, 0.15) is 20.4 Å². The highest BCUT2D eigenvalue weighted by Crippen LogP contribution is 2.39. The fraction of sp³-hybridized carbons (Fsp3) is 0.192. The zero-order valence-electron chi connectivity index (χ0n) is 38.9. The number of fused-ring (bicyclic) bond motifs is 3. The van der Waals surface area contributed by atoms with E-state index in [2.05, 4.69) is 35.2 Å². The maximum atomic E-state index is 6.06. The van der Waals surface area contributed by atoms with Crippen molar-refractivity contribution in [2.75, 3.05) is 72.2 Å². The standard InChI is InChI=1S/C17H18N4O2.C16H14ClN3O2.C10H8Cl2N2O2.C7H9N.2CH4.BH4/c1-19-17-20-13-9-15(23-3)14(22-2)8-12(13)16(21-17)10-5-4-6-11(18)7-10;1-21-13-7-11-12(8-14(13)22-2)19-16(17)20-15(11)9-4-3-5-10(18)6-9;1-15-7-3-5-6(4-8(7)16-2)13-10(12)14-9(5)11;1-6-3-2-4-7(8)5-6;;;/h4-9H,18H2,1-3H3,(H,19,20,21);3-8H,18H2,1-2H3;3-4H,1-2H3;2-5H,8H2,1H3;3*1H4/q;;;;;;-1. The average Bonchev–Trinajstić information content (AvgIpc) is 3.34. The second-order valence-electron chi connectivity index (χ2n) is 14.6. The summed E-state index contributed by atoms with van der Waals surface area (Å²) in [5.74, 6) is 4.12. The molecule has 16 nitrogen and oxygen atoms in total. The van der Waals surface area contributed by atoms with Crippen molar-refractivity contribution in [1.29, 1.82) is 0 Å². The lowest BCUT2D eigenvalue weighted by atomic mass is 10.1. The normalized spacial score (nSPS) is 9.99. The largest absolute Gasteiger partial charge is 0.493 e. The third-order valence-electron chi connectivity index (χ3n) is 10.1. The van der Waals surface area contributed by atoms with Gasteiger partial charge in [-0.25, -0.2) is 29.9 Å². The third-order valence-corrected chi connectivity index (χ3v) is 10.7. The van der Waals surface area contributed by atoms with E-state index >= 15 is 0 Å². The minimum Gasteiger partial charge on any atom is -0.493 e. The van der Waals surface area contributed by atoms with Crippen LogP contribution < -0.4 is 50.9 Å². The maximum absolute atomic E-state index is 6.06. The Hall–Kier alpha value is -7.73. The van der Waals surface area contributed by atoms with Crippen molar-refractivity contribution in [2.45, 2.75) is 21.8 Å². The number of nitrogens with zero attached hydrogens (tertiary/aromatic N) is 6. The zero-order chi connectivity index (χ0) is 49.8. The Bertz CT molecular complexity index is 3250. The van der Waals surface area contributed by atoms with Crippen LogP contribution in [0.25, 0.3) is 55.2 Å². The molecule has 0 atom stereocenters. The van der Waals surface area contributed by atoms with Gasteiger partial charge in [0.05, 0.1) is 70.6 Å². The lowest BCUT2D eigenvalue weighted by molar-refractivity contribution is 0.356. The van der Waals surface area contributed by atoms with Gasteiger partial charge in [-0.15, -0.1) is 0 Å². The molecule has 380 valence electrons. The Morgan fingerprint density at radius 3 is 1.18 bits per heavy atom. The molecular weight excluding hydrogens is 978 g/mol. The number of nitrogens with one attached hydrogen (secondary N) is 1. The highest BCUT2D eigenvalue weighted by atomic mass is 35.5. The van der Waals surface area contributed by atoms with Crippen molar-refractivity contribution in [3.63, 3.8) is 0 Å². The zero-order valence-corrected chi connectivity index (χ0v) is 41.2. The van der Waals surface area contributed by atoms with Crippen molar-refractivity contribution in [1.82, 2.24) is 29.9 Å². The fourth-order valence-corrected chi connectivity index (χ4v) is 7.49. The Kier molecular flexibility index (Phi) is 22.0. The summed E-state index contributed by atoms with van der Waals surface area (Å²) in [6, 6.07) is 33.6. The first-order valence-corrected chi connectivity index (χ1v) is 21.9. The Labute approximate surface area is 436 Å². The van der Waals surface area contributed by atoms with Crippen LogP contribution in [0.5, 0.6) is 34.5 Å². The quantitative estimate of drug-likeness (QED) is 0.0457. The van der Waals surface area contributed by atoms with E-state index in [1.165, 1.54) is 5.56 Å². The van der Waals surface area contributed by atoms with Crippen molar-refractivity contribution in [3.05, 3.63) is 130 Å². The molecule has 0 aliphatic rings.